The van der Waals surface area contributed by atoms with E-state index in [2.05, 4.69) is 54.4 Å². The van der Waals surface area contributed by atoms with Crippen LogP contribution in [0.4, 0.5) is 0 Å². The summed E-state index contributed by atoms with van der Waals surface area (Å²) in [6, 6.07) is 19.3. The SMILES string of the molecule is CN1[C@@H]2CCC[C@@]1(OC(c1ccccc1)c1ccc(Cl)cc1)CC2. The Morgan fingerprint density at radius 1 is 1.00 bits per heavy atom. The zero-order valence-corrected chi connectivity index (χ0v) is 14.9. The van der Waals surface area contributed by atoms with Crippen molar-refractivity contribution in [3.63, 3.8) is 0 Å². The van der Waals surface area contributed by atoms with Crippen LogP contribution in [-0.4, -0.2) is 23.7 Å². The van der Waals surface area contributed by atoms with Crippen LogP contribution in [0.1, 0.15) is 49.3 Å². The highest BCUT2D eigenvalue weighted by molar-refractivity contribution is 6.30. The molecule has 3 heteroatoms. The van der Waals surface area contributed by atoms with Gasteiger partial charge < -0.3 is 4.74 Å². The molecule has 2 bridgehead atoms. The number of benzene rings is 2. The van der Waals surface area contributed by atoms with Crippen molar-refractivity contribution in [3.8, 4) is 0 Å². The summed E-state index contributed by atoms with van der Waals surface area (Å²) in [5.74, 6) is 0. The van der Waals surface area contributed by atoms with Crippen molar-refractivity contribution in [1.29, 1.82) is 0 Å². The van der Waals surface area contributed by atoms with Gasteiger partial charge in [-0.1, -0.05) is 54.1 Å². The van der Waals surface area contributed by atoms with Gasteiger partial charge in [0.25, 0.3) is 0 Å². The Kier molecular flexibility index (Phi) is 4.38. The fourth-order valence-electron chi connectivity index (χ4n) is 4.36. The summed E-state index contributed by atoms with van der Waals surface area (Å²) in [7, 11) is 2.24. The predicted molar refractivity (Wildman–Crippen MR) is 98.2 cm³/mol. The van der Waals surface area contributed by atoms with Crippen LogP contribution >= 0.6 is 11.6 Å². The smallest absolute Gasteiger partial charge is 0.123 e. The summed E-state index contributed by atoms with van der Waals surface area (Å²) >= 11 is 6.09. The van der Waals surface area contributed by atoms with Crippen LogP contribution in [0.2, 0.25) is 5.02 Å². The van der Waals surface area contributed by atoms with Gasteiger partial charge in [-0.2, -0.15) is 0 Å². The van der Waals surface area contributed by atoms with Gasteiger partial charge in [-0.25, -0.2) is 0 Å². The molecule has 126 valence electrons. The molecule has 2 aliphatic heterocycles. The van der Waals surface area contributed by atoms with Gasteiger partial charge in [0.2, 0.25) is 0 Å². The molecule has 1 unspecified atom stereocenters. The van der Waals surface area contributed by atoms with Crippen molar-refractivity contribution >= 4 is 11.6 Å². The predicted octanol–water partition coefficient (Wildman–Crippen LogP) is 5.42. The third-order valence-electron chi connectivity index (χ3n) is 5.78. The molecule has 0 spiro atoms. The van der Waals surface area contributed by atoms with Gasteiger partial charge in [0.15, 0.2) is 0 Å². The number of rotatable bonds is 4. The van der Waals surface area contributed by atoms with Crippen LogP contribution in [0.15, 0.2) is 54.6 Å². The zero-order chi connectivity index (χ0) is 16.6. The average Bonchev–Trinajstić information content (AvgIpc) is 2.80. The number of halogens is 1. The van der Waals surface area contributed by atoms with E-state index < -0.39 is 0 Å². The van der Waals surface area contributed by atoms with Crippen molar-refractivity contribution in [2.45, 2.75) is 50.0 Å². The van der Waals surface area contributed by atoms with E-state index in [-0.39, 0.29) is 11.8 Å². The molecule has 2 saturated heterocycles. The molecule has 2 aliphatic rings. The topological polar surface area (TPSA) is 12.5 Å². The number of piperidine rings is 1. The van der Waals surface area contributed by atoms with Gasteiger partial charge in [0.1, 0.15) is 11.8 Å². The summed E-state index contributed by atoms with van der Waals surface area (Å²) in [6.45, 7) is 0. The van der Waals surface area contributed by atoms with Crippen molar-refractivity contribution < 1.29 is 4.74 Å². The maximum atomic E-state index is 6.88. The van der Waals surface area contributed by atoms with Crippen molar-refractivity contribution in [2.24, 2.45) is 0 Å². The molecule has 2 nitrogen and oxygen atoms in total. The quantitative estimate of drug-likeness (QED) is 0.736. The van der Waals surface area contributed by atoms with Crippen LogP contribution in [0.5, 0.6) is 0 Å². The molecule has 2 aromatic carbocycles. The molecule has 2 fully saturated rings. The van der Waals surface area contributed by atoms with Crippen molar-refractivity contribution in [3.05, 3.63) is 70.7 Å². The first-order valence-electron chi connectivity index (χ1n) is 8.89. The minimum atomic E-state index is -0.122. The molecule has 0 N–H and O–H groups in total. The average molecular weight is 342 g/mol. The first-order valence-corrected chi connectivity index (χ1v) is 9.27. The van der Waals surface area contributed by atoms with Crippen molar-refractivity contribution in [2.75, 3.05) is 7.05 Å². The standard InChI is InChI=1S/C21H24ClNO/c1-23-19-8-5-14-21(23,15-13-19)24-20(16-6-3-2-4-7-16)17-9-11-18(22)12-10-17/h2-4,6-7,9-12,19-20H,5,8,13-15H2,1H3/t19-,20?,21-/m1/s1. The van der Waals surface area contributed by atoms with Crippen LogP contribution in [0.3, 0.4) is 0 Å². The van der Waals surface area contributed by atoms with Gasteiger partial charge in [0.05, 0.1) is 0 Å². The number of ether oxygens (including phenoxy) is 1. The summed E-state index contributed by atoms with van der Waals surface area (Å²) in [6.07, 6.45) is 6.01. The Hall–Kier alpha value is -1.35. The fraction of sp³-hybridized carbons (Fsp3) is 0.429. The minimum Gasteiger partial charge on any atom is -0.348 e. The highest BCUT2D eigenvalue weighted by Crippen LogP contribution is 2.47. The Balaban J connectivity index is 1.69. The highest BCUT2D eigenvalue weighted by atomic mass is 35.5. The molecule has 0 radical (unpaired) electrons. The second kappa shape index (κ2) is 6.51. The lowest BCUT2D eigenvalue weighted by atomic mass is 9.97. The molecule has 3 atom stereocenters. The Morgan fingerprint density at radius 3 is 2.46 bits per heavy atom. The molecule has 24 heavy (non-hydrogen) atoms. The molecule has 0 aromatic heterocycles. The molecule has 2 aromatic rings. The summed E-state index contributed by atoms with van der Waals surface area (Å²) in [5.41, 5.74) is 2.25. The third-order valence-corrected chi connectivity index (χ3v) is 6.03. The first kappa shape index (κ1) is 16.1. The number of hydrogen-bond acceptors (Lipinski definition) is 2. The molecule has 0 aliphatic carbocycles. The number of hydrogen-bond donors (Lipinski definition) is 0. The van der Waals surface area contributed by atoms with E-state index in [0.717, 1.165) is 17.9 Å². The van der Waals surface area contributed by atoms with Crippen LogP contribution in [-0.2, 0) is 4.74 Å². The minimum absolute atomic E-state index is 0.0530. The second-order valence-electron chi connectivity index (χ2n) is 7.10. The van der Waals surface area contributed by atoms with E-state index in [4.69, 9.17) is 16.3 Å². The lowest BCUT2D eigenvalue weighted by Crippen LogP contribution is -2.50. The lowest BCUT2D eigenvalue weighted by Gasteiger charge is -2.44. The highest BCUT2D eigenvalue weighted by Gasteiger charge is 2.49. The summed E-state index contributed by atoms with van der Waals surface area (Å²) in [4.78, 5) is 2.49. The van der Waals surface area contributed by atoms with Gasteiger partial charge >= 0.3 is 0 Å². The van der Waals surface area contributed by atoms with E-state index >= 15 is 0 Å². The van der Waals surface area contributed by atoms with E-state index in [9.17, 15) is 0 Å². The van der Waals surface area contributed by atoms with E-state index in [0.29, 0.717) is 6.04 Å². The Labute approximate surface area is 149 Å². The maximum absolute atomic E-state index is 6.88. The summed E-state index contributed by atoms with van der Waals surface area (Å²) in [5, 5.41) is 0.763. The first-order chi connectivity index (χ1) is 11.7. The number of nitrogens with zero attached hydrogens (tertiary/aromatic N) is 1. The van der Waals surface area contributed by atoms with Gasteiger partial charge in [-0.15, -0.1) is 0 Å². The van der Waals surface area contributed by atoms with E-state index in [1.807, 2.05) is 12.1 Å². The second-order valence-corrected chi connectivity index (χ2v) is 7.54. The van der Waals surface area contributed by atoms with Crippen LogP contribution < -0.4 is 0 Å². The van der Waals surface area contributed by atoms with Crippen LogP contribution in [0, 0.1) is 0 Å². The van der Waals surface area contributed by atoms with Gasteiger partial charge in [-0.3, -0.25) is 4.90 Å². The zero-order valence-electron chi connectivity index (χ0n) is 14.1. The van der Waals surface area contributed by atoms with Gasteiger partial charge in [0, 0.05) is 11.1 Å². The molecule has 0 saturated carbocycles. The maximum Gasteiger partial charge on any atom is 0.123 e. The lowest BCUT2D eigenvalue weighted by molar-refractivity contribution is -0.176. The molecular weight excluding hydrogens is 318 g/mol. The Morgan fingerprint density at radius 2 is 1.71 bits per heavy atom. The largest absolute Gasteiger partial charge is 0.348 e. The summed E-state index contributed by atoms with van der Waals surface area (Å²) < 4.78 is 6.88. The van der Waals surface area contributed by atoms with Crippen LogP contribution in [0.25, 0.3) is 0 Å². The fourth-order valence-corrected chi connectivity index (χ4v) is 4.49. The van der Waals surface area contributed by atoms with E-state index in [1.54, 1.807) is 0 Å². The number of fused-ring (bicyclic) bond motifs is 2. The molecular formula is C21H24ClNO. The molecule has 0 amide bonds. The van der Waals surface area contributed by atoms with Crippen molar-refractivity contribution in [1.82, 2.24) is 4.90 Å². The van der Waals surface area contributed by atoms with Gasteiger partial charge in [-0.05, 0) is 62.4 Å². The third kappa shape index (κ3) is 2.88. The molecule has 4 rings (SSSR count). The molecule has 2 heterocycles. The monoisotopic (exact) mass is 341 g/mol. The Bertz CT molecular complexity index is 683. The normalized spacial score (nSPS) is 28.0. The van der Waals surface area contributed by atoms with E-state index in [1.165, 1.54) is 30.4 Å².